The first kappa shape index (κ1) is 13.9. The molecule has 19 heavy (non-hydrogen) atoms. The van der Waals surface area contributed by atoms with Gasteiger partial charge in [-0.05, 0) is 12.8 Å². The van der Waals surface area contributed by atoms with Crippen molar-refractivity contribution >= 4 is 21.6 Å². The van der Waals surface area contributed by atoms with E-state index in [9.17, 15) is 13.2 Å². The Labute approximate surface area is 112 Å². The van der Waals surface area contributed by atoms with Gasteiger partial charge < -0.3 is 4.90 Å². The average Bonchev–Trinajstić information content (AvgIpc) is 2.75. The first-order chi connectivity index (χ1) is 8.87. The molecule has 1 aromatic heterocycles. The van der Waals surface area contributed by atoms with Crippen LogP contribution in [0.3, 0.4) is 0 Å². The zero-order valence-electron chi connectivity index (χ0n) is 11.0. The Morgan fingerprint density at radius 2 is 2.32 bits per heavy atom. The van der Waals surface area contributed by atoms with Crippen LogP contribution in [0.15, 0.2) is 6.20 Å². The third-order valence-corrected chi connectivity index (χ3v) is 3.83. The predicted molar refractivity (Wildman–Crippen MR) is 71.3 cm³/mol. The summed E-state index contributed by atoms with van der Waals surface area (Å²) in [6.07, 6.45) is 4.38. The third kappa shape index (κ3) is 3.46. The molecule has 0 spiro atoms. The summed E-state index contributed by atoms with van der Waals surface area (Å²) >= 11 is 0. The minimum atomic E-state index is -3.33. The molecule has 0 radical (unpaired) electrons. The van der Waals surface area contributed by atoms with Crippen molar-refractivity contribution in [1.29, 1.82) is 0 Å². The lowest BCUT2D eigenvalue weighted by atomic mass is 9.94. The second kappa shape index (κ2) is 5.20. The number of amides is 1. The summed E-state index contributed by atoms with van der Waals surface area (Å²) in [5, 5.41) is 6.74. The van der Waals surface area contributed by atoms with Gasteiger partial charge in [0.15, 0.2) is 0 Å². The number of anilines is 1. The van der Waals surface area contributed by atoms with Crippen LogP contribution in [0.2, 0.25) is 0 Å². The molecule has 1 aliphatic heterocycles. The number of aromatic nitrogens is 2. The van der Waals surface area contributed by atoms with Gasteiger partial charge >= 0.3 is 0 Å². The van der Waals surface area contributed by atoms with E-state index in [0.29, 0.717) is 12.2 Å². The second-order valence-corrected chi connectivity index (χ2v) is 6.62. The number of likely N-dealkylation sites (tertiary alicyclic amines) is 1. The zero-order chi connectivity index (χ0) is 14.0. The van der Waals surface area contributed by atoms with Gasteiger partial charge in [0.05, 0.1) is 23.8 Å². The Morgan fingerprint density at radius 1 is 1.58 bits per heavy atom. The quantitative estimate of drug-likeness (QED) is 0.846. The molecule has 2 heterocycles. The highest BCUT2D eigenvalue weighted by Crippen LogP contribution is 2.30. The molecule has 0 aromatic carbocycles. The molecule has 1 aliphatic rings. The number of hydrogen-bond acceptors (Lipinski definition) is 4. The van der Waals surface area contributed by atoms with Gasteiger partial charge in [-0.1, -0.05) is 0 Å². The van der Waals surface area contributed by atoms with Gasteiger partial charge in [0, 0.05) is 25.9 Å². The minimum Gasteiger partial charge on any atom is -0.342 e. The highest BCUT2D eigenvalue weighted by molar-refractivity contribution is 7.92. The SMILES string of the molecule is CC(=O)N1CCCC(c2[nH]ncc2NS(C)(=O)=O)C1. The molecule has 1 saturated heterocycles. The van der Waals surface area contributed by atoms with E-state index in [-0.39, 0.29) is 11.8 Å². The molecule has 8 heteroatoms. The Hall–Kier alpha value is -1.57. The zero-order valence-corrected chi connectivity index (χ0v) is 11.8. The Morgan fingerprint density at radius 3 is 2.95 bits per heavy atom. The van der Waals surface area contributed by atoms with Crippen molar-refractivity contribution in [3.63, 3.8) is 0 Å². The van der Waals surface area contributed by atoms with Gasteiger partial charge in [0.25, 0.3) is 0 Å². The van der Waals surface area contributed by atoms with E-state index in [2.05, 4.69) is 14.9 Å². The van der Waals surface area contributed by atoms with Gasteiger partial charge in [-0.25, -0.2) is 8.42 Å². The third-order valence-electron chi connectivity index (χ3n) is 3.24. The molecular weight excluding hydrogens is 268 g/mol. The van der Waals surface area contributed by atoms with Crippen LogP contribution < -0.4 is 4.72 Å². The summed E-state index contributed by atoms with van der Waals surface area (Å²) in [6, 6.07) is 0. The van der Waals surface area contributed by atoms with E-state index in [1.807, 2.05) is 0 Å². The highest BCUT2D eigenvalue weighted by Gasteiger charge is 2.26. The molecule has 0 saturated carbocycles. The van der Waals surface area contributed by atoms with Crippen molar-refractivity contribution < 1.29 is 13.2 Å². The van der Waals surface area contributed by atoms with Crippen LogP contribution in [-0.4, -0.2) is 48.8 Å². The van der Waals surface area contributed by atoms with E-state index < -0.39 is 10.0 Å². The number of aromatic amines is 1. The fraction of sp³-hybridized carbons (Fsp3) is 0.636. The fourth-order valence-electron chi connectivity index (χ4n) is 2.39. The van der Waals surface area contributed by atoms with E-state index in [4.69, 9.17) is 0 Å². The summed E-state index contributed by atoms with van der Waals surface area (Å²) < 4.78 is 25.0. The smallest absolute Gasteiger partial charge is 0.229 e. The Bertz CT molecular complexity index is 566. The molecule has 2 rings (SSSR count). The van der Waals surface area contributed by atoms with Crippen LogP contribution in [0, 0.1) is 0 Å². The molecule has 0 aliphatic carbocycles. The topological polar surface area (TPSA) is 95.2 Å². The summed E-state index contributed by atoms with van der Waals surface area (Å²) in [6.45, 7) is 2.90. The lowest BCUT2D eigenvalue weighted by Gasteiger charge is -2.31. The average molecular weight is 286 g/mol. The normalized spacial score (nSPS) is 20.3. The van der Waals surface area contributed by atoms with Gasteiger partial charge in [0.1, 0.15) is 0 Å². The van der Waals surface area contributed by atoms with Crippen molar-refractivity contribution in [3.8, 4) is 0 Å². The standard InChI is InChI=1S/C11H18N4O3S/c1-8(16)15-5-3-4-9(7-15)11-10(6-12-13-11)14-19(2,17)18/h6,9,14H,3-5,7H2,1-2H3,(H,12,13). The van der Waals surface area contributed by atoms with Crippen LogP contribution >= 0.6 is 0 Å². The maximum Gasteiger partial charge on any atom is 0.229 e. The predicted octanol–water partition coefficient (Wildman–Crippen LogP) is 0.507. The number of hydrogen-bond donors (Lipinski definition) is 2. The Balaban J connectivity index is 2.18. The van der Waals surface area contributed by atoms with Crippen molar-refractivity contribution in [2.75, 3.05) is 24.1 Å². The van der Waals surface area contributed by atoms with E-state index in [1.165, 1.54) is 6.20 Å². The van der Waals surface area contributed by atoms with Crippen LogP contribution in [0.25, 0.3) is 0 Å². The molecule has 7 nitrogen and oxygen atoms in total. The van der Waals surface area contributed by atoms with Gasteiger partial charge in [-0.3, -0.25) is 14.6 Å². The molecular formula is C11H18N4O3S. The molecule has 1 atom stereocenters. The van der Waals surface area contributed by atoms with Gasteiger partial charge in [-0.15, -0.1) is 0 Å². The number of carbonyl (C=O) groups is 1. The van der Waals surface area contributed by atoms with E-state index >= 15 is 0 Å². The molecule has 2 N–H and O–H groups in total. The van der Waals surface area contributed by atoms with Crippen molar-refractivity contribution in [2.24, 2.45) is 0 Å². The molecule has 1 aromatic rings. The highest BCUT2D eigenvalue weighted by atomic mass is 32.2. The van der Waals surface area contributed by atoms with Crippen molar-refractivity contribution in [2.45, 2.75) is 25.7 Å². The molecule has 106 valence electrons. The monoisotopic (exact) mass is 286 g/mol. The van der Waals surface area contributed by atoms with E-state index in [0.717, 1.165) is 31.3 Å². The first-order valence-electron chi connectivity index (χ1n) is 6.13. The van der Waals surface area contributed by atoms with Gasteiger partial charge in [0.2, 0.25) is 15.9 Å². The van der Waals surface area contributed by atoms with Gasteiger partial charge in [-0.2, -0.15) is 5.10 Å². The lowest BCUT2D eigenvalue weighted by molar-refractivity contribution is -0.130. The molecule has 1 amide bonds. The number of H-pyrrole nitrogens is 1. The number of sulfonamides is 1. The number of piperidine rings is 1. The molecule has 1 unspecified atom stereocenters. The number of nitrogens with zero attached hydrogens (tertiary/aromatic N) is 2. The largest absolute Gasteiger partial charge is 0.342 e. The van der Waals surface area contributed by atoms with Crippen molar-refractivity contribution in [3.05, 3.63) is 11.9 Å². The van der Waals surface area contributed by atoms with Crippen molar-refractivity contribution in [1.82, 2.24) is 15.1 Å². The van der Waals surface area contributed by atoms with Crippen LogP contribution in [-0.2, 0) is 14.8 Å². The second-order valence-electron chi connectivity index (χ2n) is 4.88. The number of nitrogens with one attached hydrogen (secondary N) is 2. The van der Waals surface area contributed by atoms with E-state index in [1.54, 1.807) is 11.8 Å². The summed E-state index contributed by atoms with van der Waals surface area (Å²) in [5.74, 6) is 0.131. The number of rotatable bonds is 3. The number of carbonyl (C=O) groups excluding carboxylic acids is 1. The molecule has 0 bridgehead atoms. The summed E-state index contributed by atoms with van der Waals surface area (Å²) in [4.78, 5) is 13.2. The Kier molecular flexibility index (Phi) is 3.79. The van der Waals surface area contributed by atoms with Crippen LogP contribution in [0.5, 0.6) is 0 Å². The maximum atomic E-state index is 11.4. The molecule has 1 fully saturated rings. The summed E-state index contributed by atoms with van der Waals surface area (Å²) in [5.41, 5.74) is 1.22. The minimum absolute atomic E-state index is 0.0434. The van der Waals surface area contributed by atoms with Crippen LogP contribution in [0.1, 0.15) is 31.4 Å². The fourth-order valence-corrected chi connectivity index (χ4v) is 2.95. The lowest BCUT2D eigenvalue weighted by Crippen LogP contribution is -2.37. The summed E-state index contributed by atoms with van der Waals surface area (Å²) in [7, 11) is -3.33. The maximum absolute atomic E-state index is 11.4. The van der Waals surface area contributed by atoms with Crippen LogP contribution in [0.4, 0.5) is 5.69 Å². The first-order valence-corrected chi connectivity index (χ1v) is 8.02.